The zero-order valence-corrected chi connectivity index (χ0v) is 18.1. The summed E-state index contributed by atoms with van der Waals surface area (Å²) < 4.78 is 32.5. The molecule has 0 radical (unpaired) electrons. The Balaban J connectivity index is 1.58. The zero-order valence-electron chi connectivity index (χ0n) is 17.3. The van der Waals surface area contributed by atoms with Crippen LogP contribution in [-0.4, -0.2) is 44.9 Å². The monoisotopic (exact) mass is 426 g/mol. The van der Waals surface area contributed by atoms with E-state index in [1.807, 2.05) is 62.4 Å². The third-order valence-electron chi connectivity index (χ3n) is 4.79. The van der Waals surface area contributed by atoms with Crippen molar-refractivity contribution < 1.29 is 17.9 Å². The predicted octanol–water partition coefficient (Wildman–Crippen LogP) is 3.35. The Bertz CT molecular complexity index is 1140. The molecular weight excluding hydrogens is 400 g/mol. The number of likely N-dealkylation sites (N-methyl/N-ethyl adjacent to an activating group) is 1. The van der Waals surface area contributed by atoms with Crippen LogP contribution < -0.4 is 10.1 Å². The van der Waals surface area contributed by atoms with Crippen LogP contribution >= 0.6 is 0 Å². The molecule has 6 nitrogen and oxygen atoms in total. The Morgan fingerprint density at radius 1 is 1.03 bits per heavy atom. The number of para-hydroxylation sites is 1. The van der Waals surface area contributed by atoms with Gasteiger partial charge in [0.2, 0.25) is 15.9 Å². The Morgan fingerprint density at radius 3 is 2.43 bits per heavy atom. The summed E-state index contributed by atoms with van der Waals surface area (Å²) in [6.07, 6.45) is 0. The summed E-state index contributed by atoms with van der Waals surface area (Å²) in [5.41, 5.74) is 1.01. The lowest BCUT2D eigenvalue weighted by molar-refractivity contribution is -0.121. The molecule has 3 aromatic rings. The van der Waals surface area contributed by atoms with E-state index in [1.54, 1.807) is 18.2 Å². The first-order valence-corrected chi connectivity index (χ1v) is 11.1. The Labute approximate surface area is 177 Å². The number of aryl methyl sites for hydroxylation is 1. The molecular formula is C23H26N2O4S. The van der Waals surface area contributed by atoms with Gasteiger partial charge in [0, 0.05) is 7.05 Å². The van der Waals surface area contributed by atoms with E-state index in [-0.39, 0.29) is 30.0 Å². The van der Waals surface area contributed by atoms with Crippen molar-refractivity contribution >= 4 is 26.7 Å². The number of carbonyl (C=O) groups excluding carboxylic acids is 1. The lowest BCUT2D eigenvalue weighted by atomic mass is 10.1. The molecule has 0 saturated heterocycles. The molecule has 0 saturated carbocycles. The van der Waals surface area contributed by atoms with Crippen LogP contribution in [0.5, 0.6) is 5.75 Å². The van der Waals surface area contributed by atoms with E-state index in [0.29, 0.717) is 0 Å². The summed E-state index contributed by atoms with van der Waals surface area (Å²) in [7, 11) is -2.38. The van der Waals surface area contributed by atoms with Crippen molar-refractivity contribution in [2.24, 2.45) is 0 Å². The highest BCUT2D eigenvalue weighted by Crippen LogP contribution is 2.21. The Morgan fingerprint density at radius 2 is 1.70 bits per heavy atom. The molecule has 158 valence electrons. The van der Waals surface area contributed by atoms with Crippen LogP contribution in [0.4, 0.5) is 0 Å². The third-order valence-corrected chi connectivity index (χ3v) is 6.58. The summed E-state index contributed by atoms with van der Waals surface area (Å²) in [6.45, 7) is 3.78. The van der Waals surface area contributed by atoms with E-state index in [9.17, 15) is 13.2 Å². The number of amides is 1. The van der Waals surface area contributed by atoms with Crippen LogP contribution in [0.15, 0.2) is 71.6 Å². The molecule has 0 bridgehead atoms. The van der Waals surface area contributed by atoms with Crippen molar-refractivity contribution in [3.8, 4) is 5.75 Å². The summed E-state index contributed by atoms with van der Waals surface area (Å²) in [4.78, 5) is 12.5. The fourth-order valence-electron chi connectivity index (χ4n) is 3.09. The van der Waals surface area contributed by atoms with Gasteiger partial charge in [0.05, 0.1) is 17.5 Å². The van der Waals surface area contributed by atoms with Gasteiger partial charge in [-0.3, -0.25) is 4.79 Å². The van der Waals surface area contributed by atoms with E-state index in [0.717, 1.165) is 26.4 Å². The van der Waals surface area contributed by atoms with Crippen molar-refractivity contribution in [3.63, 3.8) is 0 Å². The SMILES string of the molecule is Cc1ccccc1OC[C@H](C)NC(=O)CN(C)S(=O)(=O)c1ccc2ccccc2c1. The fourth-order valence-corrected chi connectivity index (χ4v) is 4.25. The maximum atomic E-state index is 12.9. The molecule has 0 unspecified atom stereocenters. The summed E-state index contributed by atoms with van der Waals surface area (Å²) in [5.74, 6) is 0.373. The predicted molar refractivity (Wildman–Crippen MR) is 118 cm³/mol. The zero-order chi connectivity index (χ0) is 21.7. The number of nitrogens with one attached hydrogen (secondary N) is 1. The number of hydrogen-bond donors (Lipinski definition) is 1. The number of fused-ring (bicyclic) bond motifs is 1. The number of sulfonamides is 1. The maximum absolute atomic E-state index is 12.9. The minimum absolute atomic E-state index is 0.160. The molecule has 0 heterocycles. The normalized spacial score (nSPS) is 12.7. The van der Waals surface area contributed by atoms with Gasteiger partial charge < -0.3 is 10.1 Å². The molecule has 30 heavy (non-hydrogen) atoms. The van der Waals surface area contributed by atoms with Crippen LogP contribution in [0.1, 0.15) is 12.5 Å². The van der Waals surface area contributed by atoms with E-state index in [1.165, 1.54) is 7.05 Å². The lowest BCUT2D eigenvalue weighted by Gasteiger charge is -2.20. The van der Waals surface area contributed by atoms with Crippen LogP contribution in [0, 0.1) is 6.92 Å². The number of benzene rings is 3. The third kappa shape index (κ3) is 5.17. The topological polar surface area (TPSA) is 75.7 Å². The molecule has 7 heteroatoms. The lowest BCUT2D eigenvalue weighted by Crippen LogP contribution is -2.43. The van der Waals surface area contributed by atoms with Crippen LogP contribution in [0.25, 0.3) is 10.8 Å². The molecule has 0 aliphatic rings. The Kier molecular flexibility index (Phi) is 6.74. The second kappa shape index (κ2) is 9.28. The molecule has 1 amide bonds. The van der Waals surface area contributed by atoms with E-state index in [4.69, 9.17) is 4.74 Å². The number of hydrogen-bond acceptors (Lipinski definition) is 4. The minimum Gasteiger partial charge on any atom is -0.491 e. The van der Waals surface area contributed by atoms with Gasteiger partial charge in [-0.1, -0.05) is 48.5 Å². The van der Waals surface area contributed by atoms with Gasteiger partial charge in [0.1, 0.15) is 12.4 Å². The van der Waals surface area contributed by atoms with Gasteiger partial charge in [-0.05, 0) is 48.4 Å². The maximum Gasteiger partial charge on any atom is 0.243 e. The molecule has 3 aromatic carbocycles. The average molecular weight is 427 g/mol. The van der Waals surface area contributed by atoms with Gasteiger partial charge in [-0.25, -0.2) is 8.42 Å². The van der Waals surface area contributed by atoms with Crippen molar-refractivity contribution in [3.05, 3.63) is 72.3 Å². The van der Waals surface area contributed by atoms with Crippen molar-refractivity contribution in [1.29, 1.82) is 0 Å². The van der Waals surface area contributed by atoms with Crippen molar-refractivity contribution in [2.45, 2.75) is 24.8 Å². The molecule has 0 aliphatic heterocycles. The first-order valence-electron chi connectivity index (χ1n) is 9.70. The quantitative estimate of drug-likeness (QED) is 0.599. The van der Waals surface area contributed by atoms with E-state index in [2.05, 4.69) is 5.32 Å². The first-order chi connectivity index (χ1) is 14.3. The Hall–Kier alpha value is -2.90. The fraction of sp³-hybridized carbons (Fsp3) is 0.261. The standard InChI is InChI=1S/C23H26N2O4S/c1-17-8-4-7-11-22(17)29-16-18(2)24-23(26)15-25(3)30(27,28)21-13-12-19-9-5-6-10-20(19)14-21/h4-14,18H,15-16H2,1-3H3,(H,24,26)/t18-/m0/s1. The molecule has 3 rings (SSSR count). The second-order valence-electron chi connectivity index (χ2n) is 7.32. The van der Waals surface area contributed by atoms with E-state index >= 15 is 0 Å². The molecule has 0 aromatic heterocycles. The summed E-state index contributed by atoms with van der Waals surface area (Å²) in [5, 5.41) is 4.57. The van der Waals surface area contributed by atoms with Crippen molar-refractivity contribution in [2.75, 3.05) is 20.2 Å². The number of nitrogens with zero attached hydrogens (tertiary/aromatic N) is 1. The van der Waals surface area contributed by atoms with E-state index < -0.39 is 10.0 Å². The number of carbonyl (C=O) groups is 1. The van der Waals surface area contributed by atoms with Gasteiger partial charge in [0.25, 0.3) is 0 Å². The van der Waals surface area contributed by atoms with Crippen LogP contribution in [-0.2, 0) is 14.8 Å². The largest absolute Gasteiger partial charge is 0.491 e. The average Bonchev–Trinajstić information content (AvgIpc) is 2.72. The molecule has 1 atom stereocenters. The molecule has 0 fully saturated rings. The smallest absolute Gasteiger partial charge is 0.243 e. The molecule has 0 spiro atoms. The van der Waals surface area contributed by atoms with Gasteiger partial charge in [-0.15, -0.1) is 0 Å². The highest BCUT2D eigenvalue weighted by atomic mass is 32.2. The van der Waals surface area contributed by atoms with Crippen molar-refractivity contribution in [1.82, 2.24) is 9.62 Å². The highest BCUT2D eigenvalue weighted by molar-refractivity contribution is 7.89. The van der Waals surface area contributed by atoms with Crippen LogP contribution in [0.2, 0.25) is 0 Å². The van der Waals surface area contributed by atoms with Gasteiger partial charge in [-0.2, -0.15) is 4.31 Å². The second-order valence-corrected chi connectivity index (χ2v) is 9.36. The molecule has 0 aliphatic carbocycles. The van der Waals surface area contributed by atoms with Gasteiger partial charge >= 0.3 is 0 Å². The van der Waals surface area contributed by atoms with Crippen LogP contribution in [0.3, 0.4) is 0 Å². The summed E-state index contributed by atoms with van der Waals surface area (Å²) >= 11 is 0. The summed E-state index contributed by atoms with van der Waals surface area (Å²) in [6, 6.07) is 19.8. The van der Waals surface area contributed by atoms with Gasteiger partial charge in [0.15, 0.2) is 0 Å². The highest BCUT2D eigenvalue weighted by Gasteiger charge is 2.23. The number of rotatable bonds is 8. The number of ether oxygens (including phenoxy) is 1. The first kappa shape index (κ1) is 21.8. The molecule has 1 N–H and O–H groups in total. The minimum atomic E-state index is -3.78.